The lowest BCUT2D eigenvalue weighted by molar-refractivity contribution is -0.130. The van der Waals surface area contributed by atoms with E-state index in [1.807, 2.05) is 30.9 Å². The summed E-state index contributed by atoms with van der Waals surface area (Å²) in [5, 5.41) is 13.1. The summed E-state index contributed by atoms with van der Waals surface area (Å²) in [6.45, 7) is 5.58. The number of hydrogen-bond donors (Lipinski definition) is 1. The molecule has 0 radical (unpaired) electrons. The third-order valence-corrected chi connectivity index (χ3v) is 5.14. The van der Waals surface area contributed by atoms with Gasteiger partial charge in [0.15, 0.2) is 0 Å². The minimum absolute atomic E-state index is 0.0805. The van der Waals surface area contributed by atoms with Gasteiger partial charge in [-0.25, -0.2) is 0 Å². The van der Waals surface area contributed by atoms with Crippen LogP contribution in [0.25, 0.3) is 0 Å². The van der Waals surface area contributed by atoms with Crippen molar-refractivity contribution in [1.29, 1.82) is 0 Å². The summed E-state index contributed by atoms with van der Waals surface area (Å²) in [5.41, 5.74) is 4.16. The number of aryl methyl sites for hydroxylation is 2. The van der Waals surface area contributed by atoms with Crippen molar-refractivity contribution in [2.75, 3.05) is 13.1 Å². The standard InChI is InChI=1S/C20H26N2O3/c1-14-19(15(2)25-21-14)7-8-20(24)22-10-9-18(12-22)11-16-3-5-17(13-23)6-4-16/h3-6,18,23H,7-13H2,1-2H3/t18-/m1/s1. The van der Waals surface area contributed by atoms with Gasteiger partial charge in [-0.1, -0.05) is 29.4 Å². The molecule has 1 aromatic carbocycles. The van der Waals surface area contributed by atoms with E-state index in [9.17, 15) is 4.79 Å². The zero-order valence-corrected chi connectivity index (χ0v) is 15.0. The summed E-state index contributed by atoms with van der Waals surface area (Å²) in [4.78, 5) is 14.5. The molecule has 0 aliphatic carbocycles. The zero-order valence-electron chi connectivity index (χ0n) is 15.0. The molecule has 1 saturated heterocycles. The van der Waals surface area contributed by atoms with Gasteiger partial charge in [-0.15, -0.1) is 0 Å². The Hall–Kier alpha value is -2.14. The summed E-state index contributed by atoms with van der Waals surface area (Å²) in [5.74, 6) is 1.55. The quantitative estimate of drug-likeness (QED) is 0.877. The molecule has 1 aliphatic rings. The molecule has 5 heteroatoms. The molecular formula is C20H26N2O3. The minimum Gasteiger partial charge on any atom is -0.392 e. The van der Waals surface area contributed by atoms with E-state index >= 15 is 0 Å². The predicted molar refractivity (Wildman–Crippen MR) is 95.1 cm³/mol. The third-order valence-electron chi connectivity index (χ3n) is 5.14. The van der Waals surface area contributed by atoms with Crippen LogP contribution in [0.1, 0.15) is 41.0 Å². The number of carbonyl (C=O) groups excluding carboxylic acids is 1. The first-order chi connectivity index (χ1) is 12.1. The molecule has 5 nitrogen and oxygen atoms in total. The summed E-state index contributed by atoms with van der Waals surface area (Å²) in [7, 11) is 0. The number of hydrogen-bond acceptors (Lipinski definition) is 4. The Balaban J connectivity index is 1.49. The Bertz CT molecular complexity index is 702. The highest BCUT2D eigenvalue weighted by Crippen LogP contribution is 2.23. The Morgan fingerprint density at radius 2 is 2.00 bits per heavy atom. The second kappa shape index (κ2) is 7.83. The Labute approximate surface area is 148 Å². The second-order valence-corrected chi connectivity index (χ2v) is 6.98. The van der Waals surface area contributed by atoms with Crippen LogP contribution in [0.15, 0.2) is 28.8 Å². The van der Waals surface area contributed by atoms with Crippen molar-refractivity contribution < 1.29 is 14.4 Å². The average molecular weight is 342 g/mol. The van der Waals surface area contributed by atoms with Crippen molar-refractivity contribution in [2.45, 2.75) is 46.1 Å². The lowest BCUT2D eigenvalue weighted by Crippen LogP contribution is -2.29. The Morgan fingerprint density at radius 1 is 1.28 bits per heavy atom. The van der Waals surface area contributed by atoms with Crippen molar-refractivity contribution in [1.82, 2.24) is 10.1 Å². The number of carbonyl (C=O) groups is 1. The first kappa shape index (κ1) is 17.7. The molecule has 3 rings (SSSR count). The summed E-state index contributed by atoms with van der Waals surface area (Å²) in [6, 6.07) is 8.09. The molecule has 0 saturated carbocycles. The van der Waals surface area contributed by atoms with Crippen LogP contribution in [0.2, 0.25) is 0 Å². The molecule has 1 N–H and O–H groups in total. The SMILES string of the molecule is Cc1noc(C)c1CCC(=O)N1CC[C@H](Cc2ccc(CO)cc2)C1. The molecule has 2 aromatic rings. The fourth-order valence-corrected chi connectivity index (χ4v) is 3.59. The van der Waals surface area contributed by atoms with Gasteiger partial charge < -0.3 is 14.5 Å². The zero-order chi connectivity index (χ0) is 17.8. The van der Waals surface area contributed by atoms with Gasteiger partial charge in [0.2, 0.25) is 5.91 Å². The van der Waals surface area contributed by atoms with Crippen LogP contribution in [-0.4, -0.2) is 34.2 Å². The van der Waals surface area contributed by atoms with Crippen LogP contribution >= 0.6 is 0 Å². The molecule has 134 valence electrons. The Morgan fingerprint density at radius 3 is 2.64 bits per heavy atom. The lowest BCUT2D eigenvalue weighted by Gasteiger charge is -2.16. The van der Waals surface area contributed by atoms with E-state index in [2.05, 4.69) is 17.3 Å². The Kier molecular flexibility index (Phi) is 5.53. The first-order valence-electron chi connectivity index (χ1n) is 8.95. The van der Waals surface area contributed by atoms with Crippen molar-refractivity contribution >= 4 is 5.91 Å². The van der Waals surface area contributed by atoms with E-state index in [1.165, 1.54) is 5.56 Å². The molecule has 0 bridgehead atoms. The molecule has 2 heterocycles. The van der Waals surface area contributed by atoms with Crippen LogP contribution in [0.4, 0.5) is 0 Å². The first-order valence-corrected chi connectivity index (χ1v) is 8.95. The summed E-state index contributed by atoms with van der Waals surface area (Å²) in [6.07, 6.45) is 3.25. The molecule has 25 heavy (non-hydrogen) atoms. The summed E-state index contributed by atoms with van der Waals surface area (Å²) >= 11 is 0. The fraction of sp³-hybridized carbons (Fsp3) is 0.500. The maximum absolute atomic E-state index is 12.5. The highest BCUT2D eigenvalue weighted by molar-refractivity contribution is 5.76. The number of likely N-dealkylation sites (tertiary alicyclic amines) is 1. The highest BCUT2D eigenvalue weighted by Gasteiger charge is 2.26. The van der Waals surface area contributed by atoms with E-state index in [-0.39, 0.29) is 12.5 Å². The number of benzene rings is 1. The van der Waals surface area contributed by atoms with Crippen molar-refractivity contribution in [3.63, 3.8) is 0 Å². The number of aromatic nitrogens is 1. The van der Waals surface area contributed by atoms with Crippen LogP contribution in [0.5, 0.6) is 0 Å². The van der Waals surface area contributed by atoms with E-state index in [4.69, 9.17) is 9.63 Å². The third kappa shape index (κ3) is 4.28. The van der Waals surface area contributed by atoms with E-state index in [0.29, 0.717) is 18.8 Å². The van der Waals surface area contributed by atoms with Crippen molar-refractivity contribution in [3.8, 4) is 0 Å². The van der Waals surface area contributed by atoms with Gasteiger partial charge in [0.25, 0.3) is 0 Å². The number of nitrogens with zero attached hydrogens (tertiary/aromatic N) is 2. The second-order valence-electron chi connectivity index (χ2n) is 6.98. The van der Waals surface area contributed by atoms with Crippen molar-refractivity contribution in [2.24, 2.45) is 5.92 Å². The summed E-state index contributed by atoms with van der Waals surface area (Å²) < 4.78 is 5.16. The van der Waals surface area contributed by atoms with Gasteiger partial charge in [-0.3, -0.25) is 4.79 Å². The van der Waals surface area contributed by atoms with Gasteiger partial charge >= 0.3 is 0 Å². The normalized spacial score (nSPS) is 17.2. The van der Waals surface area contributed by atoms with Gasteiger partial charge in [0.05, 0.1) is 12.3 Å². The lowest BCUT2D eigenvalue weighted by atomic mass is 9.98. The van der Waals surface area contributed by atoms with Crippen LogP contribution in [0, 0.1) is 19.8 Å². The number of amides is 1. The highest BCUT2D eigenvalue weighted by atomic mass is 16.5. The van der Waals surface area contributed by atoms with Crippen LogP contribution in [-0.2, 0) is 24.2 Å². The smallest absolute Gasteiger partial charge is 0.222 e. The van der Waals surface area contributed by atoms with Crippen LogP contribution in [0.3, 0.4) is 0 Å². The van der Waals surface area contributed by atoms with Crippen LogP contribution < -0.4 is 0 Å². The average Bonchev–Trinajstić information content (AvgIpc) is 3.21. The fourth-order valence-electron chi connectivity index (χ4n) is 3.59. The van der Waals surface area contributed by atoms with Gasteiger partial charge in [0, 0.05) is 25.1 Å². The molecule has 0 unspecified atom stereocenters. The number of aliphatic hydroxyl groups excluding tert-OH is 1. The monoisotopic (exact) mass is 342 g/mol. The van der Waals surface area contributed by atoms with E-state index in [0.717, 1.165) is 48.5 Å². The largest absolute Gasteiger partial charge is 0.392 e. The van der Waals surface area contributed by atoms with Gasteiger partial charge in [-0.05, 0) is 50.2 Å². The molecule has 0 spiro atoms. The van der Waals surface area contributed by atoms with Gasteiger partial charge in [0.1, 0.15) is 5.76 Å². The molecule has 1 aromatic heterocycles. The maximum atomic E-state index is 12.5. The molecule has 1 fully saturated rings. The van der Waals surface area contributed by atoms with E-state index < -0.39 is 0 Å². The van der Waals surface area contributed by atoms with Gasteiger partial charge in [-0.2, -0.15) is 0 Å². The molecule has 1 amide bonds. The maximum Gasteiger partial charge on any atom is 0.222 e. The topological polar surface area (TPSA) is 66.6 Å². The molecule has 1 aliphatic heterocycles. The molecule has 1 atom stereocenters. The van der Waals surface area contributed by atoms with Crippen molar-refractivity contribution in [3.05, 3.63) is 52.4 Å². The number of rotatable bonds is 6. The minimum atomic E-state index is 0.0805. The molecular weight excluding hydrogens is 316 g/mol. The number of aliphatic hydroxyl groups is 1. The van der Waals surface area contributed by atoms with E-state index in [1.54, 1.807) is 0 Å². The predicted octanol–water partition coefficient (Wildman–Crippen LogP) is 2.81.